The van der Waals surface area contributed by atoms with Crippen molar-refractivity contribution in [1.82, 2.24) is 5.32 Å². The Morgan fingerprint density at radius 3 is 2.43 bits per heavy atom. The number of nitrogens with one attached hydrogen (secondary N) is 1. The Balaban J connectivity index is 2.09. The van der Waals surface area contributed by atoms with Gasteiger partial charge < -0.3 is 19.9 Å². The van der Waals surface area contributed by atoms with Crippen molar-refractivity contribution in [3.8, 4) is 11.5 Å². The molecule has 1 amide bonds. The van der Waals surface area contributed by atoms with Crippen LogP contribution in [0.25, 0.3) is 0 Å². The number of hydrogen-bond acceptors (Lipinski definition) is 5. The Labute approximate surface area is 133 Å². The van der Waals surface area contributed by atoms with Crippen molar-refractivity contribution >= 4 is 11.9 Å². The van der Waals surface area contributed by atoms with Crippen LogP contribution < -0.4 is 10.1 Å². The molecule has 0 aliphatic rings. The summed E-state index contributed by atoms with van der Waals surface area (Å²) in [5, 5.41) is 11.5. The monoisotopic (exact) mass is 315 g/mol. The van der Waals surface area contributed by atoms with Crippen molar-refractivity contribution in [2.45, 2.75) is 6.04 Å². The van der Waals surface area contributed by atoms with Gasteiger partial charge in [0.1, 0.15) is 11.5 Å². The van der Waals surface area contributed by atoms with E-state index in [0.29, 0.717) is 17.1 Å². The second kappa shape index (κ2) is 7.95. The van der Waals surface area contributed by atoms with E-state index in [4.69, 9.17) is 9.84 Å². The molecule has 0 heterocycles. The lowest BCUT2D eigenvalue weighted by molar-refractivity contribution is -0.143. The van der Waals surface area contributed by atoms with Gasteiger partial charge in [-0.05, 0) is 30.3 Å². The SMILES string of the molecule is COC(=O)[C@@H](CO)NC(=O)c1cccc(Oc2ccccc2)c1. The molecule has 0 saturated carbocycles. The van der Waals surface area contributed by atoms with E-state index in [9.17, 15) is 9.59 Å². The van der Waals surface area contributed by atoms with Gasteiger partial charge in [0.15, 0.2) is 6.04 Å². The van der Waals surface area contributed by atoms with E-state index in [-0.39, 0.29) is 0 Å². The summed E-state index contributed by atoms with van der Waals surface area (Å²) in [5.41, 5.74) is 0.306. The van der Waals surface area contributed by atoms with Gasteiger partial charge in [0, 0.05) is 5.56 Å². The quantitative estimate of drug-likeness (QED) is 0.793. The topological polar surface area (TPSA) is 84.9 Å². The zero-order chi connectivity index (χ0) is 16.7. The van der Waals surface area contributed by atoms with Crippen LogP contribution in [0.5, 0.6) is 11.5 Å². The average molecular weight is 315 g/mol. The van der Waals surface area contributed by atoms with Crippen molar-refractivity contribution in [3.05, 3.63) is 60.2 Å². The third kappa shape index (κ3) is 4.55. The van der Waals surface area contributed by atoms with Gasteiger partial charge in [-0.1, -0.05) is 24.3 Å². The second-order valence-electron chi connectivity index (χ2n) is 4.67. The minimum Gasteiger partial charge on any atom is -0.467 e. The van der Waals surface area contributed by atoms with E-state index in [0.717, 1.165) is 0 Å². The smallest absolute Gasteiger partial charge is 0.330 e. The summed E-state index contributed by atoms with van der Waals surface area (Å²) in [6, 6.07) is 14.6. The number of carbonyl (C=O) groups excluding carboxylic acids is 2. The first-order valence-corrected chi connectivity index (χ1v) is 6.96. The largest absolute Gasteiger partial charge is 0.467 e. The normalized spacial score (nSPS) is 11.4. The third-order valence-electron chi connectivity index (χ3n) is 3.05. The number of benzene rings is 2. The van der Waals surface area contributed by atoms with Crippen molar-refractivity contribution in [1.29, 1.82) is 0 Å². The predicted octanol–water partition coefficient (Wildman–Crippen LogP) is 1.74. The van der Waals surface area contributed by atoms with Crippen LogP contribution in [-0.4, -0.2) is 36.7 Å². The third-order valence-corrected chi connectivity index (χ3v) is 3.05. The molecule has 6 heteroatoms. The standard InChI is InChI=1S/C17H17NO5/c1-22-17(21)15(11-19)18-16(20)12-6-5-9-14(10-12)23-13-7-3-2-4-8-13/h2-10,15,19H,11H2,1H3,(H,18,20)/t15-/m1/s1. The lowest BCUT2D eigenvalue weighted by atomic mass is 10.2. The van der Waals surface area contributed by atoms with Gasteiger partial charge in [0.05, 0.1) is 13.7 Å². The fraction of sp³-hybridized carbons (Fsp3) is 0.176. The molecule has 120 valence electrons. The van der Waals surface area contributed by atoms with Crippen molar-refractivity contribution in [3.63, 3.8) is 0 Å². The number of hydrogen-bond donors (Lipinski definition) is 2. The highest BCUT2D eigenvalue weighted by atomic mass is 16.5. The number of carbonyl (C=O) groups is 2. The summed E-state index contributed by atoms with van der Waals surface area (Å²) in [7, 11) is 1.19. The van der Waals surface area contributed by atoms with Gasteiger partial charge >= 0.3 is 5.97 Å². The molecule has 2 aromatic carbocycles. The lowest BCUT2D eigenvalue weighted by Gasteiger charge is -2.14. The Kier molecular flexibility index (Phi) is 5.71. The highest BCUT2D eigenvalue weighted by molar-refractivity contribution is 5.97. The molecule has 0 unspecified atom stereocenters. The number of aliphatic hydroxyl groups is 1. The maximum Gasteiger partial charge on any atom is 0.330 e. The summed E-state index contributed by atoms with van der Waals surface area (Å²) < 4.78 is 10.2. The minimum atomic E-state index is -1.11. The Morgan fingerprint density at radius 1 is 1.09 bits per heavy atom. The summed E-state index contributed by atoms with van der Waals surface area (Å²) in [4.78, 5) is 23.5. The van der Waals surface area contributed by atoms with Crippen molar-refractivity contribution < 1.29 is 24.2 Å². The van der Waals surface area contributed by atoms with E-state index < -0.39 is 24.5 Å². The first kappa shape index (κ1) is 16.5. The molecule has 2 N–H and O–H groups in total. The average Bonchev–Trinajstić information content (AvgIpc) is 2.60. The Bertz CT molecular complexity index is 672. The summed E-state index contributed by atoms with van der Waals surface area (Å²) in [6.07, 6.45) is 0. The number of methoxy groups -OCH3 is 1. The number of para-hydroxylation sites is 1. The molecule has 0 radical (unpaired) electrons. The van der Waals surface area contributed by atoms with Crippen LogP contribution in [0.2, 0.25) is 0 Å². The summed E-state index contributed by atoms with van der Waals surface area (Å²) >= 11 is 0. The van der Waals surface area contributed by atoms with Crippen molar-refractivity contribution in [2.24, 2.45) is 0 Å². The molecule has 2 aromatic rings. The van der Waals surface area contributed by atoms with E-state index in [2.05, 4.69) is 10.1 Å². The zero-order valence-corrected chi connectivity index (χ0v) is 12.6. The Morgan fingerprint density at radius 2 is 1.78 bits per heavy atom. The van der Waals surface area contributed by atoms with Gasteiger partial charge in [-0.15, -0.1) is 0 Å². The number of rotatable bonds is 6. The fourth-order valence-corrected chi connectivity index (χ4v) is 1.89. The van der Waals surface area contributed by atoms with Gasteiger partial charge in [-0.25, -0.2) is 4.79 Å². The number of esters is 1. The molecule has 0 bridgehead atoms. The van der Waals surface area contributed by atoms with E-state index in [1.54, 1.807) is 36.4 Å². The molecule has 0 fully saturated rings. The van der Waals surface area contributed by atoms with Gasteiger partial charge in [-0.2, -0.15) is 0 Å². The van der Waals surface area contributed by atoms with E-state index in [1.807, 2.05) is 18.2 Å². The maximum absolute atomic E-state index is 12.2. The molecule has 1 atom stereocenters. The molecule has 6 nitrogen and oxygen atoms in total. The van der Waals surface area contributed by atoms with E-state index in [1.165, 1.54) is 7.11 Å². The highest BCUT2D eigenvalue weighted by Crippen LogP contribution is 2.21. The molecule has 23 heavy (non-hydrogen) atoms. The van der Waals surface area contributed by atoms with Gasteiger partial charge in [0.2, 0.25) is 0 Å². The van der Waals surface area contributed by atoms with Gasteiger partial charge in [-0.3, -0.25) is 4.79 Å². The minimum absolute atomic E-state index is 0.306. The van der Waals surface area contributed by atoms with Crippen LogP contribution in [0.15, 0.2) is 54.6 Å². The fourth-order valence-electron chi connectivity index (χ4n) is 1.89. The molecule has 0 aliphatic carbocycles. The van der Waals surface area contributed by atoms with Crippen LogP contribution in [0.4, 0.5) is 0 Å². The zero-order valence-electron chi connectivity index (χ0n) is 12.6. The lowest BCUT2D eigenvalue weighted by Crippen LogP contribution is -2.44. The molecule has 0 aromatic heterocycles. The van der Waals surface area contributed by atoms with Gasteiger partial charge in [0.25, 0.3) is 5.91 Å². The van der Waals surface area contributed by atoms with Crippen LogP contribution in [0.3, 0.4) is 0 Å². The molecule has 0 saturated heterocycles. The number of ether oxygens (including phenoxy) is 2. The van der Waals surface area contributed by atoms with Crippen LogP contribution in [0, 0.1) is 0 Å². The predicted molar refractivity (Wildman–Crippen MR) is 83.3 cm³/mol. The molecule has 2 rings (SSSR count). The first-order chi connectivity index (χ1) is 11.1. The van der Waals surface area contributed by atoms with Crippen LogP contribution in [-0.2, 0) is 9.53 Å². The molecular weight excluding hydrogens is 298 g/mol. The summed E-state index contributed by atoms with van der Waals surface area (Å²) in [6.45, 7) is -0.543. The summed E-state index contributed by atoms with van der Waals surface area (Å²) in [5.74, 6) is -0.0826. The van der Waals surface area contributed by atoms with Crippen LogP contribution in [0.1, 0.15) is 10.4 Å². The van der Waals surface area contributed by atoms with Crippen LogP contribution >= 0.6 is 0 Å². The number of amides is 1. The molecule has 0 aliphatic heterocycles. The first-order valence-electron chi connectivity index (χ1n) is 6.96. The maximum atomic E-state index is 12.2. The second-order valence-corrected chi connectivity index (χ2v) is 4.67. The highest BCUT2D eigenvalue weighted by Gasteiger charge is 2.21. The van der Waals surface area contributed by atoms with E-state index >= 15 is 0 Å². The van der Waals surface area contributed by atoms with Crippen molar-refractivity contribution in [2.75, 3.05) is 13.7 Å². The Hall–Kier alpha value is -2.86. The molecule has 0 spiro atoms. The molecular formula is C17H17NO5. The number of aliphatic hydroxyl groups excluding tert-OH is 1.